The maximum atomic E-state index is 9.95. The van der Waals surface area contributed by atoms with Crippen LogP contribution in [0.15, 0.2) is 18.3 Å². The van der Waals surface area contributed by atoms with E-state index < -0.39 is 11.7 Å². The summed E-state index contributed by atoms with van der Waals surface area (Å²) in [4.78, 5) is 3.97. The summed E-state index contributed by atoms with van der Waals surface area (Å²) in [6.45, 7) is 3.68. The first-order valence-electron chi connectivity index (χ1n) is 4.90. The van der Waals surface area contributed by atoms with Gasteiger partial charge in [0.15, 0.2) is 0 Å². The van der Waals surface area contributed by atoms with Gasteiger partial charge < -0.3 is 15.6 Å². The summed E-state index contributed by atoms with van der Waals surface area (Å²) in [5.41, 5.74) is 5.95. The van der Waals surface area contributed by atoms with Crippen molar-refractivity contribution >= 4 is 5.82 Å². The largest absolute Gasteiger partial charge is 0.390 e. The van der Waals surface area contributed by atoms with E-state index in [1.165, 1.54) is 0 Å². The van der Waals surface area contributed by atoms with Crippen molar-refractivity contribution in [2.45, 2.75) is 32.0 Å². The van der Waals surface area contributed by atoms with E-state index in [9.17, 15) is 5.11 Å². The highest BCUT2D eigenvalue weighted by Crippen LogP contribution is 2.19. The van der Waals surface area contributed by atoms with Crippen molar-refractivity contribution < 1.29 is 9.84 Å². The molecule has 0 aliphatic carbocycles. The molecule has 1 rings (SSSR count). The highest BCUT2D eigenvalue weighted by molar-refractivity contribution is 5.38. The fourth-order valence-corrected chi connectivity index (χ4v) is 1.21. The Balaban J connectivity index is 2.75. The molecule has 4 heteroatoms. The minimum Gasteiger partial charge on any atom is -0.390 e. The predicted molar refractivity (Wildman–Crippen MR) is 59.4 cm³/mol. The first-order chi connectivity index (χ1) is 6.97. The molecule has 0 spiro atoms. The molecule has 1 aromatic rings. The van der Waals surface area contributed by atoms with Gasteiger partial charge in [0, 0.05) is 19.7 Å². The molecule has 0 amide bonds. The van der Waals surface area contributed by atoms with Gasteiger partial charge in [-0.3, -0.25) is 0 Å². The van der Waals surface area contributed by atoms with Crippen LogP contribution in [0.4, 0.5) is 5.82 Å². The first kappa shape index (κ1) is 11.9. The normalized spacial score (nSPS) is 13.9. The van der Waals surface area contributed by atoms with Crippen LogP contribution in [0.25, 0.3) is 0 Å². The Hall–Kier alpha value is -1.13. The van der Waals surface area contributed by atoms with Crippen LogP contribution in [0, 0.1) is 0 Å². The minimum atomic E-state index is -0.603. The number of aliphatic hydroxyl groups excluding tert-OH is 1. The summed E-state index contributed by atoms with van der Waals surface area (Å²) >= 11 is 0. The molecule has 1 atom stereocenters. The molecule has 0 radical (unpaired) electrons. The zero-order valence-electron chi connectivity index (χ0n) is 9.40. The van der Waals surface area contributed by atoms with Crippen molar-refractivity contribution in [2.75, 3.05) is 12.8 Å². The molecule has 0 saturated carbocycles. The number of nitrogens with zero attached hydrogens (tertiary/aromatic N) is 1. The van der Waals surface area contributed by atoms with Gasteiger partial charge in [0.2, 0.25) is 0 Å². The number of pyridine rings is 1. The summed E-state index contributed by atoms with van der Waals surface area (Å²) < 4.78 is 5.20. The average Bonchev–Trinajstić information content (AvgIpc) is 2.21. The van der Waals surface area contributed by atoms with E-state index in [0.29, 0.717) is 12.2 Å². The van der Waals surface area contributed by atoms with Crippen molar-refractivity contribution in [1.29, 1.82) is 0 Å². The van der Waals surface area contributed by atoms with Gasteiger partial charge in [-0.2, -0.15) is 0 Å². The molecule has 0 aromatic carbocycles. The number of rotatable bonds is 4. The summed E-state index contributed by atoms with van der Waals surface area (Å²) in [6.07, 6.45) is 1.47. The number of hydrogen-bond acceptors (Lipinski definition) is 4. The molecule has 15 heavy (non-hydrogen) atoms. The Kier molecular flexibility index (Phi) is 3.66. The van der Waals surface area contributed by atoms with Crippen LogP contribution in [0.3, 0.4) is 0 Å². The quantitative estimate of drug-likeness (QED) is 0.777. The summed E-state index contributed by atoms with van der Waals surface area (Å²) in [6, 6.07) is 3.66. The zero-order chi connectivity index (χ0) is 11.5. The average molecular weight is 210 g/mol. The Bertz CT molecular complexity index is 326. The first-order valence-corrected chi connectivity index (χ1v) is 4.90. The monoisotopic (exact) mass is 210 g/mol. The van der Waals surface area contributed by atoms with Crippen LogP contribution < -0.4 is 5.73 Å². The number of methoxy groups -OCH3 is 1. The van der Waals surface area contributed by atoms with Gasteiger partial charge >= 0.3 is 0 Å². The van der Waals surface area contributed by atoms with Crippen LogP contribution in [0.1, 0.15) is 19.4 Å². The number of ether oxygens (including phenoxy) is 1. The second kappa shape index (κ2) is 4.59. The van der Waals surface area contributed by atoms with E-state index in [0.717, 1.165) is 5.56 Å². The second-order valence-corrected chi connectivity index (χ2v) is 4.08. The van der Waals surface area contributed by atoms with Gasteiger partial charge in [-0.25, -0.2) is 4.98 Å². The van der Waals surface area contributed by atoms with Crippen LogP contribution in [-0.2, 0) is 11.2 Å². The lowest BCUT2D eigenvalue weighted by Crippen LogP contribution is -2.39. The summed E-state index contributed by atoms with van der Waals surface area (Å²) in [5.74, 6) is 0.462. The fraction of sp³-hybridized carbons (Fsp3) is 0.545. The molecule has 1 aromatic heterocycles. The maximum Gasteiger partial charge on any atom is 0.126 e. The number of anilines is 1. The molecule has 0 fully saturated rings. The standard InChI is InChI=1S/C11H18N2O2/c1-11(2,15-3)9(14)7-8-5-4-6-13-10(8)12/h4-6,9,14H,7H2,1-3H3,(H2,12,13). The van der Waals surface area contributed by atoms with Crippen molar-refractivity contribution in [1.82, 2.24) is 4.98 Å². The Morgan fingerprint density at radius 2 is 2.27 bits per heavy atom. The number of aliphatic hydroxyl groups is 1. The predicted octanol–water partition coefficient (Wildman–Crippen LogP) is 0.992. The molecule has 0 bridgehead atoms. The molecule has 0 aliphatic heterocycles. The molecular weight excluding hydrogens is 192 g/mol. The Labute approximate surface area is 90.1 Å². The number of nitrogens with two attached hydrogens (primary N) is 1. The summed E-state index contributed by atoms with van der Waals surface area (Å²) in [7, 11) is 1.58. The van der Waals surface area contributed by atoms with E-state index in [1.807, 2.05) is 19.9 Å². The molecule has 84 valence electrons. The lowest BCUT2D eigenvalue weighted by molar-refractivity contribution is -0.0764. The van der Waals surface area contributed by atoms with E-state index in [1.54, 1.807) is 19.4 Å². The van der Waals surface area contributed by atoms with Gasteiger partial charge in [-0.05, 0) is 25.5 Å². The third-order valence-corrected chi connectivity index (χ3v) is 2.67. The van der Waals surface area contributed by atoms with Crippen LogP contribution in [-0.4, -0.2) is 28.9 Å². The van der Waals surface area contributed by atoms with Crippen LogP contribution in [0.5, 0.6) is 0 Å². The van der Waals surface area contributed by atoms with Crippen molar-refractivity contribution in [2.24, 2.45) is 0 Å². The molecule has 3 N–H and O–H groups in total. The van der Waals surface area contributed by atoms with Crippen LogP contribution >= 0.6 is 0 Å². The lowest BCUT2D eigenvalue weighted by Gasteiger charge is -2.29. The van der Waals surface area contributed by atoms with Gasteiger partial charge in [-0.15, -0.1) is 0 Å². The van der Waals surface area contributed by atoms with Gasteiger partial charge in [0.1, 0.15) is 5.82 Å². The molecule has 4 nitrogen and oxygen atoms in total. The smallest absolute Gasteiger partial charge is 0.126 e. The highest BCUT2D eigenvalue weighted by Gasteiger charge is 2.27. The number of nitrogen functional groups attached to an aromatic ring is 1. The number of hydrogen-bond donors (Lipinski definition) is 2. The number of aromatic nitrogens is 1. The molecule has 0 saturated heterocycles. The zero-order valence-corrected chi connectivity index (χ0v) is 9.40. The lowest BCUT2D eigenvalue weighted by atomic mass is 9.95. The molecule has 0 aliphatic rings. The van der Waals surface area contributed by atoms with Gasteiger partial charge in [-0.1, -0.05) is 6.07 Å². The minimum absolute atomic E-state index is 0.445. The van der Waals surface area contributed by atoms with Crippen molar-refractivity contribution in [3.63, 3.8) is 0 Å². The molecule has 1 heterocycles. The van der Waals surface area contributed by atoms with E-state index >= 15 is 0 Å². The van der Waals surface area contributed by atoms with E-state index in [4.69, 9.17) is 10.5 Å². The second-order valence-electron chi connectivity index (χ2n) is 4.08. The highest BCUT2D eigenvalue weighted by atomic mass is 16.5. The summed E-state index contributed by atoms with van der Waals surface area (Å²) in [5, 5.41) is 9.95. The topological polar surface area (TPSA) is 68.4 Å². The third kappa shape index (κ3) is 2.91. The van der Waals surface area contributed by atoms with Crippen molar-refractivity contribution in [3.05, 3.63) is 23.9 Å². The molecular formula is C11H18N2O2. The van der Waals surface area contributed by atoms with Gasteiger partial charge in [0.25, 0.3) is 0 Å². The fourth-order valence-electron chi connectivity index (χ4n) is 1.21. The van der Waals surface area contributed by atoms with Gasteiger partial charge in [0.05, 0.1) is 11.7 Å². The third-order valence-electron chi connectivity index (χ3n) is 2.67. The Morgan fingerprint density at radius 3 is 2.80 bits per heavy atom. The maximum absolute atomic E-state index is 9.95. The van der Waals surface area contributed by atoms with E-state index in [2.05, 4.69) is 4.98 Å². The SMILES string of the molecule is COC(C)(C)C(O)Cc1cccnc1N. The van der Waals surface area contributed by atoms with Crippen LogP contribution in [0.2, 0.25) is 0 Å². The Morgan fingerprint density at radius 1 is 1.60 bits per heavy atom. The van der Waals surface area contributed by atoms with Crippen molar-refractivity contribution in [3.8, 4) is 0 Å². The van der Waals surface area contributed by atoms with E-state index in [-0.39, 0.29) is 0 Å². The molecule has 1 unspecified atom stereocenters.